The Balaban J connectivity index is 3.25. The van der Waals surface area contributed by atoms with E-state index in [0.717, 1.165) is 12.5 Å². The van der Waals surface area contributed by atoms with Crippen LogP contribution < -0.4 is 5.11 Å². The minimum Gasteiger partial charge on any atom is -0.545 e. The van der Waals surface area contributed by atoms with Gasteiger partial charge in [0, 0.05) is 0 Å². The highest BCUT2D eigenvalue weighted by Crippen LogP contribution is 2.10. The van der Waals surface area contributed by atoms with Gasteiger partial charge < -0.3 is 9.90 Å². The maximum atomic E-state index is 10.1. The number of hydrogen-bond donors (Lipinski definition) is 0. The minimum atomic E-state index is -1.16. The van der Waals surface area contributed by atoms with Gasteiger partial charge in [-0.3, -0.25) is 0 Å². The quantitative estimate of drug-likeness (QED) is 0.286. The molecule has 0 aliphatic carbocycles. The van der Waals surface area contributed by atoms with Gasteiger partial charge >= 0.3 is 0 Å². The highest BCUT2D eigenvalue weighted by Gasteiger charge is 1.90. The van der Waals surface area contributed by atoms with Crippen molar-refractivity contribution < 1.29 is 9.90 Å². The number of aliphatic carboxylic acids is 1. The normalized spacial score (nSPS) is 12.1. The van der Waals surface area contributed by atoms with Crippen molar-refractivity contribution in [3.8, 4) is 0 Å². The molecule has 0 aliphatic heterocycles. The Morgan fingerprint density at radius 1 is 0.800 bits per heavy atom. The third kappa shape index (κ3) is 16.7. The average Bonchev–Trinajstić information content (AvgIpc) is 2.43. The lowest BCUT2D eigenvalue weighted by Crippen LogP contribution is -2.18. The lowest BCUT2D eigenvalue weighted by atomic mass is 10.1. The van der Waals surface area contributed by atoms with E-state index in [-0.39, 0.29) is 0 Å². The van der Waals surface area contributed by atoms with Gasteiger partial charge in [-0.05, 0) is 18.9 Å². The fraction of sp³-hybridized carbons (Fsp3) is 0.611. The van der Waals surface area contributed by atoms with Crippen molar-refractivity contribution in [1.29, 1.82) is 0 Å². The Kier molecular flexibility index (Phi) is 14.7. The minimum absolute atomic E-state index is 1.02. The lowest BCUT2D eigenvalue weighted by Gasteiger charge is -2.00. The zero-order valence-corrected chi connectivity index (χ0v) is 12.9. The number of allylic oxidation sites excluding steroid dienone is 5. The molecule has 114 valence electrons. The fourth-order valence-corrected chi connectivity index (χ4v) is 2.01. The number of carbonyl (C=O) groups excluding carboxylic acids is 1. The first-order valence-electron chi connectivity index (χ1n) is 7.98. The van der Waals surface area contributed by atoms with E-state index >= 15 is 0 Å². The van der Waals surface area contributed by atoms with Crippen LogP contribution in [-0.2, 0) is 4.79 Å². The van der Waals surface area contributed by atoms with Crippen molar-refractivity contribution in [1.82, 2.24) is 0 Å². The first-order valence-corrected chi connectivity index (χ1v) is 7.98. The smallest absolute Gasteiger partial charge is 0.0642 e. The van der Waals surface area contributed by atoms with Gasteiger partial charge in [-0.2, -0.15) is 0 Å². The molecule has 0 fully saturated rings. The van der Waals surface area contributed by atoms with Gasteiger partial charge in [0.1, 0.15) is 0 Å². The first-order chi connectivity index (χ1) is 9.77. The molecule has 2 heteroatoms. The van der Waals surface area contributed by atoms with Crippen molar-refractivity contribution in [3.63, 3.8) is 0 Å². The van der Waals surface area contributed by atoms with E-state index in [2.05, 4.69) is 13.0 Å². The Morgan fingerprint density at radius 3 is 1.95 bits per heavy atom. The standard InChI is InChI=1S/C18H30O2/c1-2-3-4-5-6-7-8-9-10-11-12-13-14-15-16-17-18(19)20/h12-17H,2-11H2,1H3,(H,19,20)/p-1/b13-12-,15-14+,17-16+. The number of carboxylic acids is 1. The Morgan fingerprint density at radius 2 is 1.35 bits per heavy atom. The van der Waals surface area contributed by atoms with Crippen LogP contribution in [0.3, 0.4) is 0 Å². The molecule has 0 rings (SSSR count). The molecule has 2 nitrogen and oxygen atoms in total. The summed E-state index contributed by atoms with van der Waals surface area (Å²) in [7, 11) is 0. The van der Waals surface area contributed by atoms with E-state index in [1.165, 1.54) is 63.9 Å². The first kappa shape index (κ1) is 18.7. The van der Waals surface area contributed by atoms with E-state index in [9.17, 15) is 9.90 Å². The number of hydrogen-bond acceptors (Lipinski definition) is 2. The molecular weight excluding hydrogens is 248 g/mol. The van der Waals surface area contributed by atoms with Crippen LogP contribution in [0.2, 0.25) is 0 Å². The number of unbranched alkanes of at least 4 members (excludes halogenated alkanes) is 9. The van der Waals surface area contributed by atoms with Crippen molar-refractivity contribution >= 4 is 5.97 Å². The SMILES string of the molecule is CCCCCCCCCCC\C=C/C=C/C=C/C(=O)[O-]. The molecule has 0 aromatic rings. The second kappa shape index (κ2) is 15.7. The molecule has 0 spiro atoms. The topological polar surface area (TPSA) is 40.1 Å². The molecule has 0 N–H and O–H groups in total. The average molecular weight is 277 g/mol. The summed E-state index contributed by atoms with van der Waals surface area (Å²) in [5.41, 5.74) is 0. The summed E-state index contributed by atoms with van der Waals surface area (Å²) in [4.78, 5) is 10.1. The van der Waals surface area contributed by atoms with Crippen LogP contribution in [-0.4, -0.2) is 5.97 Å². The van der Waals surface area contributed by atoms with Crippen LogP contribution in [0.4, 0.5) is 0 Å². The van der Waals surface area contributed by atoms with Gasteiger partial charge in [0.2, 0.25) is 0 Å². The number of carbonyl (C=O) groups is 1. The maximum Gasteiger partial charge on any atom is 0.0642 e. The summed E-state index contributed by atoms with van der Waals surface area (Å²) >= 11 is 0. The molecule has 0 radical (unpaired) electrons. The zero-order chi connectivity index (χ0) is 14.9. The van der Waals surface area contributed by atoms with Crippen molar-refractivity contribution in [2.24, 2.45) is 0 Å². The Bertz CT molecular complexity index is 301. The van der Waals surface area contributed by atoms with Gasteiger partial charge in [-0.1, -0.05) is 88.7 Å². The second-order valence-corrected chi connectivity index (χ2v) is 5.11. The molecule has 0 saturated carbocycles. The summed E-state index contributed by atoms with van der Waals surface area (Å²) in [6, 6.07) is 0. The van der Waals surface area contributed by atoms with Crippen LogP contribution in [0.25, 0.3) is 0 Å². The monoisotopic (exact) mass is 277 g/mol. The van der Waals surface area contributed by atoms with Crippen LogP contribution in [0.5, 0.6) is 0 Å². The second-order valence-electron chi connectivity index (χ2n) is 5.11. The van der Waals surface area contributed by atoms with Crippen molar-refractivity contribution in [3.05, 3.63) is 36.5 Å². The fourth-order valence-electron chi connectivity index (χ4n) is 2.01. The molecule has 0 aromatic heterocycles. The molecule has 0 atom stereocenters. The van der Waals surface area contributed by atoms with Gasteiger partial charge in [-0.15, -0.1) is 0 Å². The molecule has 0 saturated heterocycles. The van der Waals surface area contributed by atoms with Crippen LogP contribution in [0.15, 0.2) is 36.5 Å². The predicted octanol–water partition coefficient (Wildman–Crippen LogP) is 4.33. The molecular formula is C18H29O2-. The summed E-state index contributed by atoms with van der Waals surface area (Å²) in [5, 5.41) is 10.1. The third-order valence-electron chi connectivity index (χ3n) is 3.18. The van der Waals surface area contributed by atoms with Gasteiger partial charge in [0.15, 0.2) is 0 Å². The Hall–Kier alpha value is -1.31. The maximum absolute atomic E-state index is 10.1. The van der Waals surface area contributed by atoms with Crippen LogP contribution in [0, 0.1) is 0 Å². The van der Waals surface area contributed by atoms with Crippen LogP contribution >= 0.6 is 0 Å². The largest absolute Gasteiger partial charge is 0.545 e. The molecule has 0 bridgehead atoms. The zero-order valence-electron chi connectivity index (χ0n) is 12.9. The molecule has 0 amide bonds. The van der Waals surface area contributed by atoms with Crippen molar-refractivity contribution in [2.45, 2.75) is 71.1 Å². The number of rotatable bonds is 13. The summed E-state index contributed by atoms with van der Waals surface area (Å²) in [6.07, 6.45) is 23.4. The number of carboxylic acid groups (broad SMARTS) is 1. The summed E-state index contributed by atoms with van der Waals surface area (Å²) in [5.74, 6) is -1.16. The molecule has 0 heterocycles. The van der Waals surface area contributed by atoms with E-state index in [0.29, 0.717) is 0 Å². The highest BCUT2D eigenvalue weighted by molar-refractivity contribution is 5.77. The summed E-state index contributed by atoms with van der Waals surface area (Å²) < 4.78 is 0. The lowest BCUT2D eigenvalue weighted by molar-refractivity contribution is -0.297. The highest BCUT2D eigenvalue weighted by atomic mass is 16.4. The van der Waals surface area contributed by atoms with Gasteiger partial charge in [0.25, 0.3) is 0 Å². The molecule has 0 aliphatic rings. The van der Waals surface area contributed by atoms with Gasteiger partial charge in [0.05, 0.1) is 5.97 Å². The Labute approximate surface area is 124 Å². The third-order valence-corrected chi connectivity index (χ3v) is 3.18. The van der Waals surface area contributed by atoms with Gasteiger partial charge in [-0.25, -0.2) is 0 Å². The van der Waals surface area contributed by atoms with E-state index in [1.807, 2.05) is 12.2 Å². The van der Waals surface area contributed by atoms with E-state index in [1.54, 1.807) is 6.08 Å². The molecule has 0 aromatic carbocycles. The molecule has 20 heavy (non-hydrogen) atoms. The van der Waals surface area contributed by atoms with E-state index < -0.39 is 5.97 Å². The van der Waals surface area contributed by atoms with E-state index in [4.69, 9.17) is 0 Å². The van der Waals surface area contributed by atoms with Crippen LogP contribution in [0.1, 0.15) is 71.1 Å². The predicted molar refractivity (Wildman–Crippen MR) is 84.3 cm³/mol. The van der Waals surface area contributed by atoms with Crippen molar-refractivity contribution in [2.75, 3.05) is 0 Å². The summed E-state index contributed by atoms with van der Waals surface area (Å²) in [6.45, 7) is 2.25. The molecule has 0 unspecified atom stereocenters.